The highest BCUT2D eigenvalue weighted by Crippen LogP contribution is 2.17. The average Bonchev–Trinajstić information content (AvgIpc) is 2.60. The molecule has 2 N–H and O–H groups in total. The second-order valence-electron chi connectivity index (χ2n) is 4.99. The predicted octanol–water partition coefficient (Wildman–Crippen LogP) is 3.19. The largest absolute Gasteiger partial charge is 0.469 e. The maximum Gasteiger partial charge on any atom is 0.305 e. The van der Waals surface area contributed by atoms with Crippen molar-refractivity contribution in [2.45, 2.75) is 19.3 Å². The van der Waals surface area contributed by atoms with Crippen LogP contribution in [0.15, 0.2) is 52.8 Å². The summed E-state index contributed by atoms with van der Waals surface area (Å²) in [5, 5.41) is 27.0. The molecule has 0 bridgehead atoms. The van der Waals surface area contributed by atoms with E-state index in [0.29, 0.717) is 12.0 Å². The lowest BCUT2D eigenvalue weighted by atomic mass is 9.99. The van der Waals surface area contributed by atoms with Gasteiger partial charge in [-0.3, -0.25) is 4.79 Å². The maximum atomic E-state index is 11.1. The molecule has 0 saturated heterocycles. The van der Waals surface area contributed by atoms with E-state index in [9.17, 15) is 15.2 Å². The van der Waals surface area contributed by atoms with Crippen molar-refractivity contribution in [3.05, 3.63) is 48.0 Å². The van der Waals surface area contributed by atoms with E-state index in [1.807, 2.05) is 36.4 Å². The topological polar surface area (TPSA) is 91.5 Å². The number of hydrogen-bond acceptors (Lipinski definition) is 6. The summed E-state index contributed by atoms with van der Waals surface area (Å²) in [5.74, 6) is -0.338. The van der Waals surface area contributed by atoms with E-state index >= 15 is 0 Å². The van der Waals surface area contributed by atoms with E-state index in [1.54, 1.807) is 6.07 Å². The molecule has 6 heteroatoms. The summed E-state index contributed by atoms with van der Waals surface area (Å²) in [5.41, 5.74) is 1.03. The van der Waals surface area contributed by atoms with Crippen molar-refractivity contribution in [3.63, 3.8) is 0 Å². The highest BCUT2D eigenvalue weighted by Gasteiger charge is 2.15. The third-order valence-corrected chi connectivity index (χ3v) is 3.54. The van der Waals surface area contributed by atoms with Gasteiger partial charge < -0.3 is 15.2 Å². The standard InChI is InChI=1S/C17H18N2O4/c1-23-16(20)8-4-7-15(18-21)17(19-22)14-10-9-12-5-2-3-6-13(12)11-14/h2-3,5-6,9-11,21-22H,4,7-8H2,1H3/b18-15+,19-17+. The number of carbonyl (C=O) groups excluding carboxylic acids is 1. The van der Waals surface area contributed by atoms with E-state index in [4.69, 9.17) is 0 Å². The number of methoxy groups -OCH3 is 1. The maximum absolute atomic E-state index is 11.1. The molecule has 0 fully saturated rings. The molecule has 0 spiro atoms. The summed E-state index contributed by atoms with van der Waals surface area (Å²) in [6.07, 6.45) is 0.919. The third kappa shape index (κ3) is 4.06. The SMILES string of the molecule is COC(=O)CCCC(=N\O)/C(=N/O)c1ccc2ccccc2c1. The van der Waals surface area contributed by atoms with Crippen LogP contribution in [0.4, 0.5) is 0 Å². The number of oxime groups is 2. The van der Waals surface area contributed by atoms with Crippen LogP contribution in [0.5, 0.6) is 0 Å². The molecule has 0 amide bonds. The van der Waals surface area contributed by atoms with Gasteiger partial charge in [0.05, 0.1) is 7.11 Å². The van der Waals surface area contributed by atoms with E-state index < -0.39 is 0 Å². The minimum Gasteiger partial charge on any atom is -0.469 e. The van der Waals surface area contributed by atoms with Crippen molar-refractivity contribution in [1.82, 2.24) is 0 Å². The molecular formula is C17H18N2O4. The molecule has 120 valence electrons. The molecule has 2 aromatic rings. The zero-order valence-electron chi connectivity index (χ0n) is 12.8. The Labute approximate surface area is 133 Å². The minimum atomic E-state index is -0.338. The smallest absolute Gasteiger partial charge is 0.305 e. The van der Waals surface area contributed by atoms with E-state index in [-0.39, 0.29) is 30.2 Å². The highest BCUT2D eigenvalue weighted by molar-refractivity contribution is 6.48. The van der Waals surface area contributed by atoms with Crippen LogP contribution in [0, 0.1) is 0 Å². The Bertz CT molecular complexity index is 753. The quantitative estimate of drug-likeness (QED) is 0.371. The molecule has 0 heterocycles. The number of fused-ring (bicyclic) bond motifs is 1. The Morgan fingerprint density at radius 3 is 2.43 bits per heavy atom. The third-order valence-electron chi connectivity index (χ3n) is 3.54. The minimum absolute atomic E-state index is 0.183. The molecule has 2 aromatic carbocycles. The molecule has 23 heavy (non-hydrogen) atoms. The molecule has 0 atom stereocenters. The van der Waals surface area contributed by atoms with Gasteiger partial charge in [0, 0.05) is 12.0 Å². The van der Waals surface area contributed by atoms with Crippen molar-refractivity contribution in [2.75, 3.05) is 7.11 Å². The molecule has 0 unspecified atom stereocenters. The van der Waals surface area contributed by atoms with Crippen molar-refractivity contribution >= 4 is 28.2 Å². The summed E-state index contributed by atoms with van der Waals surface area (Å²) in [4.78, 5) is 11.1. The van der Waals surface area contributed by atoms with Crippen LogP contribution in [-0.2, 0) is 9.53 Å². The van der Waals surface area contributed by atoms with Gasteiger partial charge in [-0.05, 0) is 29.7 Å². The summed E-state index contributed by atoms with van der Waals surface area (Å²) in [6.45, 7) is 0. The van der Waals surface area contributed by atoms with Gasteiger partial charge in [0.25, 0.3) is 0 Å². The van der Waals surface area contributed by atoms with Gasteiger partial charge in [-0.15, -0.1) is 0 Å². The summed E-state index contributed by atoms with van der Waals surface area (Å²) >= 11 is 0. The molecule has 0 aromatic heterocycles. The molecule has 0 aliphatic rings. The lowest BCUT2D eigenvalue weighted by Gasteiger charge is -2.08. The molecule has 0 radical (unpaired) electrons. The van der Waals surface area contributed by atoms with Crippen LogP contribution in [0.25, 0.3) is 10.8 Å². The van der Waals surface area contributed by atoms with E-state index in [2.05, 4.69) is 15.0 Å². The monoisotopic (exact) mass is 314 g/mol. The van der Waals surface area contributed by atoms with Crippen LogP contribution in [-0.4, -0.2) is 34.9 Å². The van der Waals surface area contributed by atoms with Gasteiger partial charge in [-0.1, -0.05) is 46.7 Å². The van der Waals surface area contributed by atoms with Gasteiger partial charge >= 0.3 is 5.97 Å². The Balaban J connectivity index is 2.20. The van der Waals surface area contributed by atoms with Crippen LogP contribution in [0.3, 0.4) is 0 Å². The lowest BCUT2D eigenvalue weighted by molar-refractivity contribution is -0.140. The fourth-order valence-corrected chi connectivity index (χ4v) is 2.34. The molecule has 6 nitrogen and oxygen atoms in total. The normalized spacial score (nSPS) is 12.4. The zero-order valence-corrected chi connectivity index (χ0v) is 12.8. The highest BCUT2D eigenvalue weighted by atomic mass is 16.5. The van der Waals surface area contributed by atoms with Crippen LogP contribution < -0.4 is 0 Å². The number of ether oxygens (including phenoxy) is 1. The first-order chi connectivity index (χ1) is 11.2. The van der Waals surface area contributed by atoms with Gasteiger partial charge in [-0.25, -0.2) is 0 Å². The fourth-order valence-electron chi connectivity index (χ4n) is 2.34. The summed E-state index contributed by atoms with van der Waals surface area (Å²) < 4.78 is 4.56. The number of rotatable bonds is 6. The van der Waals surface area contributed by atoms with Crippen LogP contribution >= 0.6 is 0 Å². The van der Waals surface area contributed by atoms with Crippen LogP contribution in [0.2, 0.25) is 0 Å². The Kier molecular flexibility index (Phi) is 5.68. The fraction of sp³-hybridized carbons (Fsp3) is 0.235. The van der Waals surface area contributed by atoms with E-state index in [1.165, 1.54) is 7.11 Å². The molecule has 2 rings (SSSR count). The second kappa shape index (κ2) is 7.93. The van der Waals surface area contributed by atoms with Crippen LogP contribution in [0.1, 0.15) is 24.8 Å². The average molecular weight is 314 g/mol. The first kappa shape index (κ1) is 16.5. The summed E-state index contributed by atoms with van der Waals surface area (Å²) in [7, 11) is 1.32. The molecule has 0 saturated carbocycles. The Hall–Kier alpha value is -2.89. The zero-order chi connectivity index (χ0) is 16.7. The van der Waals surface area contributed by atoms with Gasteiger partial charge in [-0.2, -0.15) is 0 Å². The van der Waals surface area contributed by atoms with Gasteiger partial charge in [0.1, 0.15) is 11.4 Å². The lowest BCUT2D eigenvalue weighted by Crippen LogP contribution is -2.16. The van der Waals surface area contributed by atoms with Crippen molar-refractivity contribution in [1.29, 1.82) is 0 Å². The number of benzene rings is 2. The molecule has 0 aliphatic heterocycles. The van der Waals surface area contributed by atoms with Crippen molar-refractivity contribution in [2.24, 2.45) is 10.3 Å². The first-order valence-electron chi connectivity index (χ1n) is 7.19. The van der Waals surface area contributed by atoms with E-state index in [0.717, 1.165) is 10.8 Å². The van der Waals surface area contributed by atoms with Crippen molar-refractivity contribution < 1.29 is 19.9 Å². The van der Waals surface area contributed by atoms with Gasteiger partial charge in [0.15, 0.2) is 0 Å². The molecular weight excluding hydrogens is 296 g/mol. The second-order valence-corrected chi connectivity index (χ2v) is 4.99. The van der Waals surface area contributed by atoms with Gasteiger partial charge in [0.2, 0.25) is 0 Å². The molecule has 0 aliphatic carbocycles. The number of carbonyl (C=O) groups is 1. The Morgan fingerprint density at radius 1 is 1.04 bits per heavy atom. The first-order valence-corrected chi connectivity index (χ1v) is 7.19. The summed E-state index contributed by atoms with van der Waals surface area (Å²) in [6, 6.07) is 13.3. The Morgan fingerprint density at radius 2 is 1.78 bits per heavy atom. The number of hydrogen-bond donors (Lipinski definition) is 2. The van der Waals surface area contributed by atoms with Crippen molar-refractivity contribution in [3.8, 4) is 0 Å². The predicted molar refractivity (Wildman–Crippen MR) is 87.4 cm³/mol. The number of esters is 1. The number of nitrogens with zero attached hydrogens (tertiary/aromatic N) is 2.